The van der Waals surface area contributed by atoms with E-state index in [1.807, 2.05) is 26.1 Å². The van der Waals surface area contributed by atoms with Crippen molar-refractivity contribution in [2.45, 2.75) is 32.4 Å². The standard InChI is InChI=1S/C13H18N4O2/c1-9(14-3)7-12-16-13(19-17-12)10(2)18-11-5-4-6-15-8-11/h4-6,8-10,14H,7H2,1-3H3. The van der Waals surface area contributed by atoms with Crippen LogP contribution < -0.4 is 10.1 Å². The monoisotopic (exact) mass is 262 g/mol. The molecule has 0 radical (unpaired) electrons. The zero-order chi connectivity index (χ0) is 13.7. The summed E-state index contributed by atoms with van der Waals surface area (Å²) < 4.78 is 10.9. The fraction of sp³-hybridized carbons (Fsp3) is 0.462. The molecule has 0 aliphatic carbocycles. The molecule has 2 atom stereocenters. The summed E-state index contributed by atoms with van der Waals surface area (Å²) in [5.74, 6) is 1.83. The van der Waals surface area contributed by atoms with E-state index in [-0.39, 0.29) is 6.10 Å². The van der Waals surface area contributed by atoms with E-state index in [9.17, 15) is 0 Å². The third-order valence-electron chi connectivity index (χ3n) is 2.76. The highest BCUT2D eigenvalue weighted by Crippen LogP contribution is 2.19. The molecule has 6 nitrogen and oxygen atoms in total. The lowest BCUT2D eigenvalue weighted by Crippen LogP contribution is -2.24. The molecule has 0 aliphatic heterocycles. The Labute approximate surface area is 112 Å². The minimum Gasteiger partial charge on any atom is -0.479 e. The van der Waals surface area contributed by atoms with Crippen molar-refractivity contribution in [3.63, 3.8) is 0 Å². The Hall–Kier alpha value is -1.95. The molecule has 0 aromatic carbocycles. The summed E-state index contributed by atoms with van der Waals surface area (Å²) in [6.07, 6.45) is 3.77. The van der Waals surface area contributed by atoms with Gasteiger partial charge in [-0.25, -0.2) is 0 Å². The summed E-state index contributed by atoms with van der Waals surface area (Å²) in [5.41, 5.74) is 0. The molecule has 0 amide bonds. The fourth-order valence-electron chi connectivity index (χ4n) is 1.56. The molecule has 0 aliphatic rings. The van der Waals surface area contributed by atoms with Gasteiger partial charge < -0.3 is 14.6 Å². The normalized spacial score (nSPS) is 14.1. The molecule has 2 unspecified atom stereocenters. The first kappa shape index (κ1) is 13.5. The molecule has 2 aromatic heterocycles. The van der Waals surface area contributed by atoms with Crippen molar-refractivity contribution in [2.75, 3.05) is 7.05 Å². The van der Waals surface area contributed by atoms with E-state index in [0.29, 0.717) is 23.5 Å². The Kier molecular flexibility index (Phi) is 4.46. The van der Waals surface area contributed by atoms with Gasteiger partial charge in [0.25, 0.3) is 5.89 Å². The Morgan fingerprint density at radius 3 is 2.95 bits per heavy atom. The van der Waals surface area contributed by atoms with E-state index in [0.717, 1.165) is 6.42 Å². The van der Waals surface area contributed by atoms with Crippen LogP contribution >= 0.6 is 0 Å². The van der Waals surface area contributed by atoms with Crippen molar-refractivity contribution >= 4 is 0 Å². The maximum atomic E-state index is 5.67. The number of nitrogens with one attached hydrogen (secondary N) is 1. The molecule has 0 spiro atoms. The molecule has 6 heteroatoms. The lowest BCUT2D eigenvalue weighted by atomic mass is 10.2. The predicted octanol–water partition coefficient (Wildman–Crippen LogP) is 1.75. The Morgan fingerprint density at radius 1 is 1.42 bits per heavy atom. The van der Waals surface area contributed by atoms with Crippen LogP contribution in [0.4, 0.5) is 0 Å². The number of nitrogens with zero attached hydrogens (tertiary/aromatic N) is 3. The van der Waals surface area contributed by atoms with Gasteiger partial charge in [-0.2, -0.15) is 4.98 Å². The van der Waals surface area contributed by atoms with Crippen molar-refractivity contribution in [1.82, 2.24) is 20.4 Å². The zero-order valence-corrected chi connectivity index (χ0v) is 11.3. The second-order valence-electron chi connectivity index (χ2n) is 4.39. The van der Waals surface area contributed by atoms with Crippen LogP contribution in [-0.4, -0.2) is 28.2 Å². The number of rotatable bonds is 6. The molecule has 2 aromatic rings. The highest BCUT2D eigenvalue weighted by Gasteiger charge is 2.16. The van der Waals surface area contributed by atoms with Crippen molar-refractivity contribution < 1.29 is 9.26 Å². The predicted molar refractivity (Wildman–Crippen MR) is 69.8 cm³/mol. The first-order valence-corrected chi connectivity index (χ1v) is 6.25. The first-order chi connectivity index (χ1) is 9.19. The summed E-state index contributed by atoms with van der Waals surface area (Å²) >= 11 is 0. The van der Waals surface area contributed by atoms with E-state index in [1.54, 1.807) is 12.4 Å². The van der Waals surface area contributed by atoms with Crippen molar-refractivity contribution in [2.24, 2.45) is 0 Å². The average molecular weight is 262 g/mol. The third kappa shape index (κ3) is 3.75. The number of hydrogen-bond donors (Lipinski definition) is 1. The van der Waals surface area contributed by atoms with Gasteiger partial charge >= 0.3 is 0 Å². The fourth-order valence-corrected chi connectivity index (χ4v) is 1.56. The van der Waals surface area contributed by atoms with Gasteiger partial charge in [0.1, 0.15) is 5.75 Å². The highest BCUT2D eigenvalue weighted by molar-refractivity contribution is 5.16. The van der Waals surface area contributed by atoms with Gasteiger partial charge in [-0.1, -0.05) is 5.16 Å². The van der Waals surface area contributed by atoms with Crippen molar-refractivity contribution in [3.8, 4) is 5.75 Å². The van der Waals surface area contributed by atoms with E-state index >= 15 is 0 Å². The number of likely N-dealkylation sites (N-methyl/N-ethyl adjacent to an activating group) is 1. The van der Waals surface area contributed by atoms with E-state index in [4.69, 9.17) is 9.26 Å². The maximum absolute atomic E-state index is 5.67. The van der Waals surface area contributed by atoms with Crippen LogP contribution in [0.1, 0.15) is 31.7 Å². The molecular weight excluding hydrogens is 244 g/mol. The van der Waals surface area contributed by atoms with Crippen LogP contribution in [0.3, 0.4) is 0 Å². The lowest BCUT2D eigenvalue weighted by Gasteiger charge is -2.09. The summed E-state index contributed by atoms with van der Waals surface area (Å²) in [5, 5.41) is 7.08. The number of aromatic nitrogens is 3. The summed E-state index contributed by atoms with van der Waals surface area (Å²) in [7, 11) is 1.90. The molecule has 0 bridgehead atoms. The molecule has 2 rings (SSSR count). The maximum Gasteiger partial charge on any atom is 0.267 e. The molecule has 0 saturated heterocycles. The van der Waals surface area contributed by atoms with Crippen LogP contribution in [0, 0.1) is 0 Å². The second kappa shape index (κ2) is 6.29. The highest BCUT2D eigenvalue weighted by atomic mass is 16.5. The van der Waals surface area contributed by atoms with Crippen LogP contribution in [0.2, 0.25) is 0 Å². The van der Waals surface area contributed by atoms with E-state index < -0.39 is 0 Å². The number of hydrogen-bond acceptors (Lipinski definition) is 6. The van der Waals surface area contributed by atoms with Gasteiger partial charge in [0, 0.05) is 18.7 Å². The molecule has 0 fully saturated rings. The topological polar surface area (TPSA) is 73.1 Å². The Morgan fingerprint density at radius 2 is 2.26 bits per heavy atom. The average Bonchev–Trinajstić information content (AvgIpc) is 2.88. The summed E-state index contributed by atoms with van der Waals surface area (Å²) in [6, 6.07) is 3.96. The van der Waals surface area contributed by atoms with Gasteiger partial charge in [-0.3, -0.25) is 4.98 Å². The van der Waals surface area contributed by atoms with Crippen molar-refractivity contribution in [1.29, 1.82) is 0 Å². The van der Waals surface area contributed by atoms with Crippen LogP contribution in [0.15, 0.2) is 29.0 Å². The molecular formula is C13H18N4O2. The zero-order valence-electron chi connectivity index (χ0n) is 11.3. The molecule has 0 saturated carbocycles. The van der Waals surface area contributed by atoms with Gasteiger partial charge in [-0.15, -0.1) is 0 Å². The van der Waals surface area contributed by atoms with Crippen molar-refractivity contribution in [3.05, 3.63) is 36.2 Å². The van der Waals surface area contributed by atoms with Crippen LogP contribution in [0.25, 0.3) is 0 Å². The first-order valence-electron chi connectivity index (χ1n) is 6.25. The third-order valence-corrected chi connectivity index (χ3v) is 2.76. The minimum atomic E-state index is -0.296. The van der Waals surface area contributed by atoms with Gasteiger partial charge in [-0.05, 0) is 33.0 Å². The van der Waals surface area contributed by atoms with Gasteiger partial charge in [0.15, 0.2) is 11.9 Å². The lowest BCUT2D eigenvalue weighted by molar-refractivity contribution is 0.175. The summed E-state index contributed by atoms with van der Waals surface area (Å²) in [4.78, 5) is 8.32. The largest absolute Gasteiger partial charge is 0.479 e. The number of pyridine rings is 1. The SMILES string of the molecule is CNC(C)Cc1noc(C(C)Oc2cccnc2)n1. The van der Waals surface area contributed by atoms with Gasteiger partial charge in [0.2, 0.25) is 0 Å². The number of ether oxygens (including phenoxy) is 1. The molecule has 2 heterocycles. The Balaban J connectivity index is 1.98. The molecule has 19 heavy (non-hydrogen) atoms. The Bertz CT molecular complexity index is 500. The minimum absolute atomic E-state index is 0.296. The van der Waals surface area contributed by atoms with Gasteiger partial charge in [0.05, 0.1) is 6.20 Å². The molecule has 1 N–H and O–H groups in total. The summed E-state index contributed by atoms with van der Waals surface area (Å²) in [6.45, 7) is 3.93. The van der Waals surface area contributed by atoms with Crippen LogP contribution in [0.5, 0.6) is 5.75 Å². The van der Waals surface area contributed by atoms with E-state index in [1.165, 1.54) is 0 Å². The molecule has 102 valence electrons. The van der Waals surface area contributed by atoms with Crippen LogP contribution in [-0.2, 0) is 6.42 Å². The van der Waals surface area contributed by atoms with E-state index in [2.05, 4.69) is 27.4 Å². The second-order valence-corrected chi connectivity index (χ2v) is 4.39. The quantitative estimate of drug-likeness (QED) is 0.855. The smallest absolute Gasteiger partial charge is 0.267 e.